The van der Waals surface area contributed by atoms with E-state index in [1.807, 2.05) is 26.2 Å². The molecular weight excluding hydrogens is 266 g/mol. The van der Waals surface area contributed by atoms with Crippen LogP contribution in [0, 0.1) is 0 Å². The van der Waals surface area contributed by atoms with Crippen molar-refractivity contribution in [1.29, 1.82) is 0 Å². The minimum atomic E-state index is -0.348. The van der Waals surface area contributed by atoms with E-state index >= 15 is 0 Å². The lowest BCUT2D eigenvalue weighted by Gasteiger charge is -2.16. The molecule has 2 atom stereocenters. The van der Waals surface area contributed by atoms with E-state index in [1.54, 1.807) is 0 Å². The van der Waals surface area contributed by atoms with Crippen molar-refractivity contribution >= 4 is 5.91 Å². The molecule has 1 aromatic carbocycles. The zero-order valence-corrected chi connectivity index (χ0v) is 12.8. The third kappa shape index (κ3) is 4.52. The highest BCUT2D eigenvalue weighted by Crippen LogP contribution is 2.19. The number of carbonyl (C=O) groups excluding carboxylic acids is 1. The summed E-state index contributed by atoms with van der Waals surface area (Å²) in [5.74, 6) is -0.0365. The molecule has 0 aromatic heterocycles. The molecule has 1 saturated heterocycles. The fourth-order valence-electron chi connectivity index (χ4n) is 2.59. The Morgan fingerprint density at radius 3 is 2.67 bits per heavy atom. The minimum Gasteiger partial charge on any atom is -0.364 e. The van der Waals surface area contributed by atoms with E-state index in [2.05, 4.69) is 22.3 Å². The second-order valence-corrected chi connectivity index (χ2v) is 5.78. The van der Waals surface area contributed by atoms with Gasteiger partial charge in [0.15, 0.2) is 0 Å². The van der Waals surface area contributed by atoms with E-state index in [0.29, 0.717) is 13.1 Å². The van der Waals surface area contributed by atoms with Crippen LogP contribution in [0.15, 0.2) is 24.3 Å². The Kier molecular flexibility index (Phi) is 5.73. The second-order valence-electron chi connectivity index (χ2n) is 5.78. The number of nitrogens with two attached hydrogens (primary N) is 1. The Morgan fingerprint density at radius 1 is 1.33 bits per heavy atom. The van der Waals surface area contributed by atoms with E-state index < -0.39 is 0 Å². The zero-order chi connectivity index (χ0) is 15.2. The summed E-state index contributed by atoms with van der Waals surface area (Å²) in [5.41, 5.74) is 7.94. The van der Waals surface area contributed by atoms with Gasteiger partial charge in [0.05, 0.1) is 6.10 Å². The topological polar surface area (TPSA) is 67.6 Å². The lowest BCUT2D eigenvalue weighted by atomic mass is 10.1. The predicted octanol–water partition coefficient (Wildman–Crippen LogP) is 0.871. The van der Waals surface area contributed by atoms with Crippen molar-refractivity contribution in [1.82, 2.24) is 10.2 Å². The van der Waals surface area contributed by atoms with Gasteiger partial charge in [0.25, 0.3) is 0 Å². The van der Waals surface area contributed by atoms with Crippen molar-refractivity contribution in [3.05, 3.63) is 35.4 Å². The van der Waals surface area contributed by atoms with Crippen LogP contribution < -0.4 is 11.1 Å². The Morgan fingerprint density at radius 2 is 2.05 bits per heavy atom. The van der Waals surface area contributed by atoms with Crippen LogP contribution in [0.1, 0.15) is 24.0 Å². The average Bonchev–Trinajstić information content (AvgIpc) is 2.94. The molecule has 1 fully saturated rings. The van der Waals surface area contributed by atoms with Gasteiger partial charge in [0.2, 0.25) is 5.91 Å². The lowest BCUT2D eigenvalue weighted by molar-refractivity contribution is -0.132. The molecule has 116 valence electrons. The fraction of sp³-hybridized carbons (Fsp3) is 0.562. The van der Waals surface area contributed by atoms with Gasteiger partial charge in [-0.2, -0.15) is 0 Å². The van der Waals surface area contributed by atoms with Crippen molar-refractivity contribution in [2.45, 2.75) is 38.1 Å². The van der Waals surface area contributed by atoms with Crippen molar-refractivity contribution in [2.24, 2.45) is 5.73 Å². The molecule has 1 aliphatic heterocycles. The van der Waals surface area contributed by atoms with E-state index in [4.69, 9.17) is 10.5 Å². The van der Waals surface area contributed by atoms with Gasteiger partial charge in [-0.1, -0.05) is 24.3 Å². The first-order chi connectivity index (χ1) is 10.1. The summed E-state index contributed by atoms with van der Waals surface area (Å²) in [7, 11) is 4.07. The van der Waals surface area contributed by atoms with Crippen LogP contribution >= 0.6 is 0 Å². The maximum absolute atomic E-state index is 12.1. The Hall–Kier alpha value is -1.43. The maximum atomic E-state index is 12.1. The number of amides is 1. The van der Waals surface area contributed by atoms with Gasteiger partial charge in [-0.05, 0) is 38.1 Å². The number of hydrogen-bond donors (Lipinski definition) is 2. The summed E-state index contributed by atoms with van der Waals surface area (Å²) in [5, 5.41) is 2.98. The molecule has 0 spiro atoms. The lowest BCUT2D eigenvalue weighted by Crippen LogP contribution is -2.35. The Balaban J connectivity index is 1.89. The summed E-state index contributed by atoms with van der Waals surface area (Å²) in [6.45, 7) is 1.88. The summed E-state index contributed by atoms with van der Waals surface area (Å²) in [4.78, 5) is 14.2. The van der Waals surface area contributed by atoms with Crippen molar-refractivity contribution in [3.63, 3.8) is 0 Å². The molecule has 2 rings (SSSR count). The smallest absolute Gasteiger partial charge is 0.249 e. The molecule has 0 aliphatic carbocycles. The van der Waals surface area contributed by atoms with Gasteiger partial charge in [-0.3, -0.25) is 4.79 Å². The van der Waals surface area contributed by atoms with Gasteiger partial charge >= 0.3 is 0 Å². The fourth-order valence-corrected chi connectivity index (χ4v) is 2.59. The Labute approximate surface area is 126 Å². The predicted molar refractivity (Wildman–Crippen MR) is 82.6 cm³/mol. The van der Waals surface area contributed by atoms with Crippen LogP contribution in [0.2, 0.25) is 0 Å². The molecule has 1 amide bonds. The van der Waals surface area contributed by atoms with Crippen LogP contribution in [0.5, 0.6) is 0 Å². The van der Waals surface area contributed by atoms with Gasteiger partial charge in [-0.25, -0.2) is 0 Å². The monoisotopic (exact) mass is 291 g/mol. The highest BCUT2D eigenvalue weighted by molar-refractivity contribution is 5.81. The van der Waals surface area contributed by atoms with Crippen molar-refractivity contribution < 1.29 is 9.53 Å². The number of carbonyl (C=O) groups is 1. The average molecular weight is 291 g/mol. The molecule has 2 unspecified atom stereocenters. The first-order valence-corrected chi connectivity index (χ1v) is 7.45. The normalized spacial score (nSPS) is 21.7. The standard InChI is InChI=1S/C16H25N3O2/c1-19(2)11-13-6-4-3-5-12(13)10-18-16(20)15-8-7-14(9-17)21-15/h3-6,14-15H,7-11,17H2,1-2H3,(H,18,20). The molecule has 21 heavy (non-hydrogen) atoms. The number of nitrogens with one attached hydrogen (secondary N) is 1. The van der Waals surface area contributed by atoms with E-state index in [1.165, 1.54) is 5.56 Å². The zero-order valence-electron chi connectivity index (χ0n) is 12.8. The number of nitrogens with zero attached hydrogens (tertiary/aromatic N) is 1. The molecule has 5 heteroatoms. The summed E-state index contributed by atoms with van der Waals surface area (Å²) >= 11 is 0. The number of hydrogen-bond acceptors (Lipinski definition) is 4. The number of rotatable bonds is 6. The third-order valence-electron chi connectivity index (χ3n) is 3.72. The highest BCUT2D eigenvalue weighted by Gasteiger charge is 2.29. The first kappa shape index (κ1) is 15.9. The minimum absolute atomic E-state index is 0.0294. The van der Waals surface area contributed by atoms with Crippen LogP contribution in [0.3, 0.4) is 0 Å². The quantitative estimate of drug-likeness (QED) is 0.816. The molecular formula is C16H25N3O2. The van der Waals surface area contributed by atoms with Crippen molar-refractivity contribution in [2.75, 3.05) is 20.6 Å². The van der Waals surface area contributed by atoms with E-state index in [0.717, 1.165) is 24.9 Å². The first-order valence-electron chi connectivity index (χ1n) is 7.45. The second kappa shape index (κ2) is 7.54. The molecule has 1 aromatic rings. The van der Waals surface area contributed by atoms with Crippen molar-refractivity contribution in [3.8, 4) is 0 Å². The van der Waals surface area contributed by atoms with Gasteiger partial charge in [0.1, 0.15) is 6.10 Å². The van der Waals surface area contributed by atoms with E-state index in [-0.39, 0.29) is 18.1 Å². The Bertz CT molecular complexity index is 476. The maximum Gasteiger partial charge on any atom is 0.249 e. The SMILES string of the molecule is CN(C)Cc1ccccc1CNC(=O)C1CCC(CN)O1. The highest BCUT2D eigenvalue weighted by atomic mass is 16.5. The van der Waals surface area contributed by atoms with Gasteiger partial charge < -0.3 is 20.7 Å². The molecule has 0 bridgehead atoms. The number of benzene rings is 1. The van der Waals surface area contributed by atoms with Crippen LogP contribution in [0.25, 0.3) is 0 Å². The summed E-state index contributed by atoms with van der Waals surface area (Å²) in [6.07, 6.45) is 1.31. The molecule has 3 N–H and O–H groups in total. The molecule has 1 heterocycles. The molecule has 0 saturated carbocycles. The van der Waals surface area contributed by atoms with E-state index in [9.17, 15) is 4.79 Å². The molecule has 5 nitrogen and oxygen atoms in total. The third-order valence-corrected chi connectivity index (χ3v) is 3.72. The number of ether oxygens (including phenoxy) is 1. The van der Waals surface area contributed by atoms with Crippen LogP contribution in [0.4, 0.5) is 0 Å². The van der Waals surface area contributed by atoms with Crippen LogP contribution in [-0.2, 0) is 22.6 Å². The largest absolute Gasteiger partial charge is 0.364 e. The summed E-state index contributed by atoms with van der Waals surface area (Å²) < 4.78 is 5.61. The van der Waals surface area contributed by atoms with Gasteiger partial charge in [-0.15, -0.1) is 0 Å². The summed E-state index contributed by atoms with van der Waals surface area (Å²) in [6, 6.07) is 8.17. The van der Waals surface area contributed by atoms with Gasteiger partial charge in [0, 0.05) is 19.6 Å². The molecule has 1 aliphatic rings. The van der Waals surface area contributed by atoms with Crippen LogP contribution in [-0.4, -0.2) is 43.7 Å². The molecule has 0 radical (unpaired) electrons.